The fourth-order valence-electron chi connectivity index (χ4n) is 1.42. The van der Waals surface area contributed by atoms with Gasteiger partial charge in [0.15, 0.2) is 6.29 Å². The van der Waals surface area contributed by atoms with Gasteiger partial charge in [-0.15, -0.1) is 0 Å². The first kappa shape index (κ1) is 17.9. The van der Waals surface area contributed by atoms with Gasteiger partial charge < -0.3 is 14.9 Å². The Hall–Kier alpha value is 0.800. The monoisotopic (exact) mass is 602 g/mol. The van der Waals surface area contributed by atoms with E-state index in [2.05, 4.69) is 67.8 Å². The summed E-state index contributed by atoms with van der Waals surface area (Å²) in [6.07, 6.45) is 0.363. The highest BCUT2D eigenvalue weighted by Crippen LogP contribution is 2.28. The van der Waals surface area contributed by atoms with Crippen LogP contribution in [0.25, 0.3) is 0 Å². The number of rotatable bonds is 7. The zero-order chi connectivity index (χ0) is 14.4. The van der Waals surface area contributed by atoms with Crippen molar-refractivity contribution in [3.63, 3.8) is 0 Å². The summed E-state index contributed by atoms with van der Waals surface area (Å²) in [4.78, 5) is 10.3. The summed E-state index contributed by atoms with van der Waals surface area (Å²) in [6, 6.07) is 3.93. The lowest BCUT2D eigenvalue weighted by molar-refractivity contribution is -0.137. The van der Waals surface area contributed by atoms with E-state index in [0.717, 1.165) is 16.3 Å². The lowest BCUT2D eigenvalue weighted by atomic mass is 10.2. The van der Waals surface area contributed by atoms with Gasteiger partial charge >= 0.3 is 5.97 Å². The molecular formula is C12H13I3O4. The van der Waals surface area contributed by atoms with E-state index in [1.807, 2.05) is 12.1 Å². The third kappa shape index (κ3) is 6.40. The molecule has 7 heteroatoms. The molecule has 0 bridgehead atoms. The van der Waals surface area contributed by atoms with Crippen LogP contribution in [0.4, 0.5) is 0 Å². The van der Waals surface area contributed by atoms with Crippen LogP contribution in [0, 0.1) is 10.7 Å². The zero-order valence-electron chi connectivity index (χ0n) is 9.91. The van der Waals surface area contributed by atoms with Crippen molar-refractivity contribution >= 4 is 73.7 Å². The van der Waals surface area contributed by atoms with E-state index in [-0.39, 0.29) is 6.42 Å². The molecule has 0 heterocycles. The quantitative estimate of drug-likeness (QED) is 0.216. The number of aliphatic hydroxyl groups is 1. The highest BCUT2D eigenvalue weighted by atomic mass is 127. The number of halogens is 3. The molecule has 0 unspecified atom stereocenters. The first-order valence-electron chi connectivity index (χ1n) is 5.57. The largest absolute Gasteiger partial charge is 0.481 e. The Balaban J connectivity index is 2.49. The third-order valence-electron chi connectivity index (χ3n) is 2.35. The van der Waals surface area contributed by atoms with Crippen molar-refractivity contribution in [2.45, 2.75) is 25.6 Å². The minimum atomic E-state index is -0.958. The van der Waals surface area contributed by atoms with Crippen LogP contribution < -0.4 is 0 Å². The maximum absolute atomic E-state index is 10.3. The van der Waals surface area contributed by atoms with Gasteiger partial charge in [-0.3, -0.25) is 4.79 Å². The van der Waals surface area contributed by atoms with Crippen LogP contribution in [0.1, 0.15) is 31.1 Å². The summed E-state index contributed by atoms with van der Waals surface area (Å²) in [5.41, 5.74) is 0.759. The number of benzene rings is 1. The Labute approximate surface area is 152 Å². The number of carboxylic acid groups (broad SMARTS) is 1. The Morgan fingerprint density at radius 1 is 1.26 bits per heavy atom. The molecule has 0 aliphatic rings. The average molecular weight is 602 g/mol. The molecule has 0 spiro atoms. The fourth-order valence-corrected chi connectivity index (χ4v) is 3.89. The van der Waals surface area contributed by atoms with Gasteiger partial charge in [-0.25, -0.2) is 0 Å². The first-order chi connectivity index (χ1) is 8.91. The smallest absolute Gasteiger partial charge is 0.303 e. The number of ether oxygens (including phenoxy) is 1. The van der Waals surface area contributed by atoms with Gasteiger partial charge in [-0.2, -0.15) is 0 Å². The maximum Gasteiger partial charge on any atom is 0.303 e. The molecule has 0 saturated carbocycles. The van der Waals surface area contributed by atoms with Gasteiger partial charge in [0.25, 0.3) is 0 Å². The summed E-state index contributed by atoms with van der Waals surface area (Å²) in [5.74, 6) is -0.803. The van der Waals surface area contributed by atoms with Crippen LogP contribution in [0.3, 0.4) is 0 Å². The van der Waals surface area contributed by atoms with Gasteiger partial charge in [-0.05, 0) is 92.7 Å². The number of carboxylic acids is 1. The molecule has 1 rings (SSSR count). The fraction of sp³-hybridized carbons (Fsp3) is 0.417. The molecule has 0 radical (unpaired) electrons. The minimum Gasteiger partial charge on any atom is -0.481 e. The molecule has 0 aromatic heterocycles. The number of unbranched alkanes of at least 4 members (excludes halogenated alkanes) is 1. The normalized spacial score (nSPS) is 12.4. The van der Waals surface area contributed by atoms with E-state index in [1.54, 1.807) is 0 Å². The molecule has 0 fully saturated rings. The van der Waals surface area contributed by atoms with Crippen LogP contribution in [0.2, 0.25) is 0 Å². The van der Waals surface area contributed by atoms with E-state index in [4.69, 9.17) is 9.84 Å². The van der Waals surface area contributed by atoms with Crippen molar-refractivity contribution < 1.29 is 19.7 Å². The second-order valence-electron chi connectivity index (χ2n) is 3.86. The van der Waals surface area contributed by atoms with E-state index in [0.29, 0.717) is 19.4 Å². The predicted octanol–water partition coefficient (Wildman–Crippen LogP) is 3.76. The standard InChI is InChI=1S/C12H13I3O4/c13-7-5-8(11(15)9(14)6-7)12(18)19-4-2-1-3-10(16)17/h5-6,12,18H,1-4H2,(H,16,17)/t12-/m0/s1. The molecule has 4 nitrogen and oxygen atoms in total. The summed E-state index contributed by atoms with van der Waals surface area (Å²) in [7, 11) is 0. The van der Waals surface area contributed by atoms with E-state index < -0.39 is 12.3 Å². The summed E-state index contributed by atoms with van der Waals surface area (Å²) < 4.78 is 8.46. The Morgan fingerprint density at radius 2 is 1.95 bits per heavy atom. The molecule has 0 amide bonds. The highest BCUT2D eigenvalue weighted by Gasteiger charge is 2.14. The number of aliphatic carboxylic acids is 1. The lowest BCUT2D eigenvalue weighted by Gasteiger charge is -2.15. The minimum absolute atomic E-state index is 0.137. The molecule has 0 aliphatic carbocycles. The van der Waals surface area contributed by atoms with Crippen molar-refractivity contribution in [3.8, 4) is 0 Å². The van der Waals surface area contributed by atoms with Gasteiger partial charge in [0.05, 0.1) is 6.61 Å². The average Bonchev–Trinajstić information content (AvgIpc) is 2.32. The Kier molecular flexibility index (Phi) is 8.41. The number of hydrogen-bond donors (Lipinski definition) is 2. The summed E-state index contributed by atoms with van der Waals surface area (Å²) in [5, 5.41) is 18.5. The van der Waals surface area contributed by atoms with Crippen molar-refractivity contribution in [3.05, 3.63) is 28.4 Å². The molecule has 1 aromatic rings. The topological polar surface area (TPSA) is 66.8 Å². The molecule has 0 saturated heterocycles. The van der Waals surface area contributed by atoms with E-state index in [1.165, 1.54) is 0 Å². The van der Waals surface area contributed by atoms with Gasteiger partial charge in [0.2, 0.25) is 0 Å². The SMILES string of the molecule is O=C(O)CCCCO[C@H](O)c1cc(I)cc(I)c1I. The van der Waals surface area contributed by atoms with Crippen molar-refractivity contribution in [1.82, 2.24) is 0 Å². The van der Waals surface area contributed by atoms with Crippen LogP contribution in [0.15, 0.2) is 12.1 Å². The molecule has 1 aromatic carbocycles. The van der Waals surface area contributed by atoms with Crippen LogP contribution in [-0.4, -0.2) is 22.8 Å². The van der Waals surface area contributed by atoms with E-state index in [9.17, 15) is 9.90 Å². The van der Waals surface area contributed by atoms with E-state index >= 15 is 0 Å². The zero-order valence-corrected chi connectivity index (χ0v) is 16.4. The second-order valence-corrected chi connectivity index (χ2v) is 7.35. The molecule has 0 aliphatic heterocycles. The van der Waals surface area contributed by atoms with Gasteiger partial charge in [0.1, 0.15) is 0 Å². The van der Waals surface area contributed by atoms with Crippen molar-refractivity contribution in [2.75, 3.05) is 6.61 Å². The number of hydrogen-bond acceptors (Lipinski definition) is 3. The molecule has 1 atom stereocenters. The third-order valence-corrected chi connectivity index (χ3v) is 6.06. The highest BCUT2D eigenvalue weighted by molar-refractivity contribution is 14.1. The number of carbonyl (C=O) groups is 1. The molecule has 2 N–H and O–H groups in total. The van der Waals surface area contributed by atoms with Gasteiger partial charge in [0, 0.05) is 22.7 Å². The molecule has 106 valence electrons. The number of aliphatic hydroxyl groups excluding tert-OH is 1. The lowest BCUT2D eigenvalue weighted by Crippen LogP contribution is -2.08. The maximum atomic E-state index is 10.3. The Morgan fingerprint density at radius 3 is 2.58 bits per heavy atom. The van der Waals surface area contributed by atoms with Crippen LogP contribution >= 0.6 is 67.8 Å². The molecule has 19 heavy (non-hydrogen) atoms. The van der Waals surface area contributed by atoms with Crippen LogP contribution in [0.5, 0.6) is 0 Å². The Bertz CT molecular complexity index is 451. The predicted molar refractivity (Wildman–Crippen MR) is 97.0 cm³/mol. The van der Waals surface area contributed by atoms with Gasteiger partial charge in [-0.1, -0.05) is 0 Å². The van der Waals surface area contributed by atoms with Crippen LogP contribution in [-0.2, 0) is 9.53 Å². The van der Waals surface area contributed by atoms with Crippen molar-refractivity contribution in [2.24, 2.45) is 0 Å². The summed E-state index contributed by atoms with van der Waals surface area (Å²) >= 11 is 6.61. The first-order valence-corrected chi connectivity index (χ1v) is 8.81. The van der Waals surface area contributed by atoms with Crippen molar-refractivity contribution in [1.29, 1.82) is 0 Å². The summed E-state index contributed by atoms with van der Waals surface area (Å²) in [6.45, 7) is 0.354. The second kappa shape index (κ2) is 8.95. The molecular weight excluding hydrogens is 589 g/mol.